The van der Waals surface area contributed by atoms with Gasteiger partial charge in [0, 0.05) is 31.6 Å². The molecule has 0 spiro atoms. The molecule has 0 amide bonds. The van der Waals surface area contributed by atoms with Crippen molar-refractivity contribution < 1.29 is 0 Å². The Labute approximate surface area is 118 Å². The summed E-state index contributed by atoms with van der Waals surface area (Å²) in [5, 5.41) is 3.02. The van der Waals surface area contributed by atoms with Crippen molar-refractivity contribution in [3.05, 3.63) is 33.2 Å². The van der Waals surface area contributed by atoms with Crippen molar-refractivity contribution >= 4 is 39.1 Å². The number of halogens is 1. The van der Waals surface area contributed by atoms with Gasteiger partial charge in [-0.2, -0.15) is 0 Å². The maximum atomic E-state index is 5.81. The fourth-order valence-corrected chi connectivity index (χ4v) is 2.04. The minimum Gasteiger partial charge on any atom is -0.402 e. The molecule has 0 aliphatic heterocycles. The second-order valence-electron chi connectivity index (χ2n) is 3.35. The zero-order valence-electron chi connectivity index (χ0n) is 11.9. The lowest BCUT2D eigenvalue weighted by Crippen LogP contribution is -2.25. The molecule has 2 rings (SSSR count). The standard InChI is InChI=1S/C11H11BrN2.2C2H6/c1-6(13)11-7(2)14-10-5-8(12)3-4-9(10)11;2*1-2/h3-5,14H,2,13H2,1H3;2*1-2H3/b11-6+;;. The van der Waals surface area contributed by atoms with Crippen LogP contribution in [0.2, 0.25) is 0 Å². The lowest BCUT2D eigenvalue weighted by atomic mass is 10.2. The average molecular weight is 311 g/mol. The zero-order chi connectivity index (χ0) is 14.3. The first-order chi connectivity index (χ1) is 8.59. The number of hydrogen-bond acceptors (Lipinski definition) is 1. The van der Waals surface area contributed by atoms with Gasteiger partial charge in [-0.25, -0.2) is 0 Å². The summed E-state index contributed by atoms with van der Waals surface area (Å²) in [5.74, 6) is 0. The van der Waals surface area contributed by atoms with E-state index in [1.54, 1.807) is 0 Å². The van der Waals surface area contributed by atoms with E-state index in [-0.39, 0.29) is 0 Å². The van der Waals surface area contributed by atoms with Crippen molar-refractivity contribution in [2.24, 2.45) is 5.73 Å². The highest BCUT2D eigenvalue weighted by Crippen LogP contribution is 2.14. The Morgan fingerprint density at radius 1 is 1.22 bits per heavy atom. The van der Waals surface area contributed by atoms with Crippen molar-refractivity contribution in [2.45, 2.75) is 34.6 Å². The van der Waals surface area contributed by atoms with Crippen LogP contribution in [0.3, 0.4) is 0 Å². The quantitative estimate of drug-likeness (QED) is 0.768. The van der Waals surface area contributed by atoms with Crippen LogP contribution in [0.15, 0.2) is 22.7 Å². The number of benzene rings is 1. The van der Waals surface area contributed by atoms with Crippen molar-refractivity contribution in [1.29, 1.82) is 0 Å². The topological polar surface area (TPSA) is 41.8 Å². The van der Waals surface area contributed by atoms with E-state index < -0.39 is 0 Å². The van der Waals surface area contributed by atoms with Gasteiger partial charge in [0.25, 0.3) is 0 Å². The van der Waals surface area contributed by atoms with E-state index in [1.807, 2.05) is 52.8 Å². The van der Waals surface area contributed by atoms with Gasteiger partial charge >= 0.3 is 0 Å². The molecule has 0 aliphatic rings. The van der Waals surface area contributed by atoms with Crippen LogP contribution in [-0.4, -0.2) is 4.98 Å². The summed E-state index contributed by atoms with van der Waals surface area (Å²) in [6, 6.07) is 6.06. The van der Waals surface area contributed by atoms with Gasteiger partial charge in [-0.15, -0.1) is 0 Å². The summed E-state index contributed by atoms with van der Waals surface area (Å²) in [4.78, 5) is 3.21. The molecular formula is C15H23BrN2. The normalized spacial score (nSPS) is 11.0. The number of nitrogens with one attached hydrogen (secondary N) is 1. The third-order valence-corrected chi connectivity index (χ3v) is 2.73. The number of hydrogen-bond donors (Lipinski definition) is 2. The Balaban J connectivity index is 0.000000659. The monoisotopic (exact) mass is 310 g/mol. The second-order valence-corrected chi connectivity index (χ2v) is 4.27. The van der Waals surface area contributed by atoms with E-state index in [0.29, 0.717) is 0 Å². The fraction of sp³-hybridized carbons (Fsp3) is 0.333. The first-order valence-electron chi connectivity index (χ1n) is 6.32. The maximum Gasteiger partial charge on any atom is 0.0476 e. The number of aromatic nitrogens is 1. The molecule has 18 heavy (non-hydrogen) atoms. The van der Waals surface area contributed by atoms with E-state index >= 15 is 0 Å². The van der Waals surface area contributed by atoms with Crippen LogP contribution in [0.1, 0.15) is 34.6 Å². The Bertz CT molecular complexity index is 593. The molecule has 2 nitrogen and oxygen atoms in total. The van der Waals surface area contributed by atoms with Crippen LogP contribution < -0.4 is 16.3 Å². The fourth-order valence-electron chi connectivity index (χ4n) is 1.68. The number of nitrogens with two attached hydrogens (primary N) is 1. The number of rotatable bonds is 0. The van der Waals surface area contributed by atoms with E-state index in [1.165, 1.54) is 0 Å². The highest BCUT2D eigenvalue weighted by Gasteiger charge is 2.00. The molecule has 3 heteroatoms. The van der Waals surface area contributed by atoms with Crippen LogP contribution in [0, 0.1) is 0 Å². The molecule has 0 unspecified atom stereocenters. The van der Waals surface area contributed by atoms with Crippen LogP contribution in [0.4, 0.5) is 0 Å². The summed E-state index contributed by atoms with van der Waals surface area (Å²) in [6.07, 6.45) is 0. The molecule has 0 fully saturated rings. The van der Waals surface area contributed by atoms with Gasteiger partial charge in [0.1, 0.15) is 0 Å². The molecule has 0 saturated heterocycles. The molecule has 0 aliphatic carbocycles. The molecule has 0 radical (unpaired) electrons. The number of H-pyrrole nitrogens is 1. The third kappa shape index (κ3) is 3.64. The van der Waals surface area contributed by atoms with Gasteiger partial charge in [-0.3, -0.25) is 0 Å². The Hall–Kier alpha value is -1.22. The summed E-state index contributed by atoms with van der Waals surface area (Å²) in [7, 11) is 0. The lowest BCUT2D eigenvalue weighted by molar-refractivity contribution is 1.34. The average Bonchev–Trinajstić information content (AvgIpc) is 2.69. The largest absolute Gasteiger partial charge is 0.402 e. The molecule has 3 N–H and O–H groups in total. The van der Waals surface area contributed by atoms with E-state index in [2.05, 4.69) is 27.5 Å². The zero-order valence-corrected chi connectivity index (χ0v) is 13.5. The van der Waals surface area contributed by atoms with Gasteiger partial charge in [0.15, 0.2) is 0 Å². The van der Waals surface area contributed by atoms with Crippen molar-refractivity contribution in [3.63, 3.8) is 0 Å². The number of aromatic amines is 1. The Kier molecular flexibility index (Phi) is 7.44. The van der Waals surface area contributed by atoms with E-state index in [4.69, 9.17) is 5.73 Å². The molecule has 0 saturated carbocycles. The van der Waals surface area contributed by atoms with Gasteiger partial charge in [-0.05, 0) is 19.1 Å². The van der Waals surface area contributed by atoms with Gasteiger partial charge < -0.3 is 10.7 Å². The summed E-state index contributed by atoms with van der Waals surface area (Å²) >= 11 is 3.42. The molecule has 0 bridgehead atoms. The van der Waals surface area contributed by atoms with E-state index in [0.717, 1.165) is 31.6 Å². The predicted octanol–water partition coefficient (Wildman–Crippen LogP) is 3.48. The van der Waals surface area contributed by atoms with Crippen LogP contribution in [-0.2, 0) is 0 Å². The molecule has 100 valence electrons. The molecular weight excluding hydrogens is 288 g/mol. The van der Waals surface area contributed by atoms with Crippen molar-refractivity contribution in [1.82, 2.24) is 4.98 Å². The Morgan fingerprint density at radius 2 is 1.78 bits per heavy atom. The van der Waals surface area contributed by atoms with Crippen molar-refractivity contribution in [3.8, 4) is 0 Å². The molecule has 0 atom stereocenters. The van der Waals surface area contributed by atoms with Gasteiger partial charge in [0.05, 0.1) is 0 Å². The minimum absolute atomic E-state index is 0.795. The summed E-state index contributed by atoms with van der Waals surface area (Å²) in [6.45, 7) is 13.8. The molecule has 1 aromatic heterocycles. The first kappa shape index (κ1) is 16.8. The highest BCUT2D eigenvalue weighted by atomic mass is 79.9. The molecule has 2 aromatic rings. The smallest absolute Gasteiger partial charge is 0.0476 e. The summed E-state index contributed by atoms with van der Waals surface area (Å²) in [5.41, 5.74) is 7.66. The van der Waals surface area contributed by atoms with E-state index in [9.17, 15) is 0 Å². The van der Waals surface area contributed by atoms with Gasteiger partial charge in [-0.1, -0.05) is 56.3 Å². The molecule has 1 heterocycles. The second kappa shape index (κ2) is 7.98. The molecule has 1 aromatic carbocycles. The van der Waals surface area contributed by atoms with Crippen LogP contribution in [0.5, 0.6) is 0 Å². The third-order valence-electron chi connectivity index (χ3n) is 2.23. The number of fused-ring (bicyclic) bond motifs is 1. The first-order valence-corrected chi connectivity index (χ1v) is 7.11. The predicted molar refractivity (Wildman–Crippen MR) is 86.7 cm³/mol. The van der Waals surface area contributed by atoms with Crippen LogP contribution in [0.25, 0.3) is 23.2 Å². The lowest BCUT2D eigenvalue weighted by Gasteiger charge is -1.92. The highest BCUT2D eigenvalue weighted by molar-refractivity contribution is 9.10. The van der Waals surface area contributed by atoms with Gasteiger partial charge in [0.2, 0.25) is 0 Å². The summed E-state index contributed by atoms with van der Waals surface area (Å²) < 4.78 is 1.05. The minimum atomic E-state index is 0.795. The van der Waals surface area contributed by atoms with Crippen LogP contribution >= 0.6 is 15.9 Å². The van der Waals surface area contributed by atoms with Crippen molar-refractivity contribution in [2.75, 3.05) is 0 Å². The SMILES string of the molecule is C=c1[nH]c2cc(Br)ccc2/c1=C(\C)N.CC.CC. The Morgan fingerprint density at radius 3 is 2.28 bits per heavy atom. The maximum absolute atomic E-state index is 5.81.